The van der Waals surface area contributed by atoms with Crippen LogP contribution in [0.25, 0.3) is 0 Å². The van der Waals surface area contributed by atoms with Crippen molar-refractivity contribution in [1.82, 2.24) is 10.6 Å². The first kappa shape index (κ1) is 18.0. The zero-order chi connectivity index (χ0) is 14.5. The van der Waals surface area contributed by atoms with Crippen molar-refractivity contribution in [3.05, 3.63) is 35.4 Å². The number of rotatable bonds is 4. The number of hydrogen-bond donors (Lipinski definition) is 2. The van der Waals surface area contributed by atoms with Gasteiger partial charge in [0.1, 0.15) is 0 Å². The lowest BCUT2D eigenvalue weighted by Gasteiger charge is -2.24. The number of carbonyl (C=O) groups excluding carboxylic acids is 1. The van der Waals surface area contributed by atoms with Crippen LogP contribution in [0.3, 0.4) is 0 Å². The predicted molar refractivity (Wildman–Crippen MR) is 90.0 cm³/mol. The van der Waals surface area contributed by atoms with Gasteiger partial charge < -0.3 is 10.6 Å². The average molecular weight is 311 g/mol. The van der Waals surface area contributed by atoms with E-state index in [1.807, 2.05) is 6.92 Å². The molecule has 2 unspecified atom stereocenters. The highest BCUT2D eigenvalue weighted by molar-refractivity contribution is 5.85. The summed E-state index contributed by atoms with van der Waals surface area (Å²) < 4.78 is 0. The van der Waals surface area contributed by atoms with Gasteiger partial charge in [0.15, 0.2) is 0 Å². The van der Waals surface area contributed by atoms with E-state index in [2.05, 4.69) is 48.7 Å². The van der Waals surface area contributed by atoms with E-state index < -0.39 is 0 Å². The summed E-state index contributed by atoms with van der Waals surface area (Å²) in [5, 5.41) is 6.40. The lowest BCUT2D eigenvalue weighted by Crippen LogP contribution is -2.47. The molecule has 1 heterocycles. The van der Waals surface area contributed by atoms with Gasteiger partial charge >= 0.3 is 0 Å². The van der Waals surface area contributed by atoms with Gasteiger partial charge in [0, 0.05) is 0 Å². The van der Waals surface area contributed by atoms with Crippen LogP contribution >= 0.6 is 12.4 Å². The summed E-state index contributed by atoms with van der Waals surface area (Å²) in [4.78, 5) is 12.2. The molecule has 4 heteroatoms. The Bertz CT molecular complexity index is 439. The first-order valence-corrected chi connectivity index (χ1v) is 7.71. The summed E-state index contributed by atoms with van der Waals surface area (Å²) in [5.74, 6) is 0.672. The van der Waals surface area contributed by atoms with Gasteiger partial charge in [-0.3, -0.25) is 4.79 Å². The van der Waals surface area contributed by atoms with E-state index in [4.69, 9.17) is 0 Å². The Morgan fingerprint density at radius 1 is 1.14 bits per heavy atom. The molecular formula is C17H27ClN2O. The molecule has 0 aliphatic carbocycles. The van der Waals surface area contributed by atoms with Crippen molar-refractivity contribution in [2.45, 2.75) is 58.0 Å². The standard InChI is InChI=1S/C17H26N2O.ClH/c1-12(2)14-7-9-15(10-8-14)13(3)19-17(20)16-6-4-5-11-18-16;/h7-10,12-13,16,18H,4-6,11H2,1-3H3,(H,19,20);1H. The number of halogens is 1. The molecule has 1 fully saturated rings. The molecule has 1 saturated heterocycles. The monoisotopic (exact) mass is 310 g/mol. The first-order chi connectivity index (χ1) is 9.58. The highest BCUT2D eigenvalue weighted by Gasteiger charge is 2.21. The molecule has 1 aromatic carbocycles. The molecule has 2 rings (SSSR count). The van der Waals surface area contributed by atoms with Gasteiger partial charge in [-0.05, 0) is 43.4 Å². The minimum absolute atomic E-state index is 0. The molecule has 0 saturated carbocycles. The van der Waals surface area contributed by atoms with E-state index in [1.165, 1.54) is 17.5 Å². The molecule has 0 bridgehead atoms. The summed E-state index contributed by atoms with van der Waals surface area (Å²) in [5.41, 5.74) is 2.50. The molecule has 0 aromatic heterocycles. The fourth-order valence-corrected chi connectivity index (χ4v) is 2.64. The molecular weight excluding hydrogens is 284 g/mol. The number of carbonyl (C=O) groups is 1. The highest BCUT2D eigenvalue weighted by atomic mass is 35.5. The van der Waals surface area contributed by atoms with Gasteiger partial charge in [-0.2, -0.15) is 0 Å². The SMILES string of the molecule is CC(C)c1ccc(C(C)NC(=O)C2CCCCN2)cc1.Cl. The van der Waals surface area contributed by atoms with E-state index >= 15 is 0 Å². The first-order valence-electron chi connectivity index (χ1n) is 7.71. The average Bonchev–Trinajstić information content (AvgIpc) is 2.48. The third-order valence-electron chi connectivity index (χ3n) is 4.09. The smallest absolute Gasteiger partial charge is 0.237 e. The second kappa shape index (κ2) is 8.40. The van der Waals surface area contributed by atoms with Gasteiger partial charge in [0.2, 0.25) is 5.91 Å². The Hall–Kier alpha value is -1.06. The number of amides is 1. The van der Waals surface area contributed by atoms with Crippen molar-refractivity contribution in [2.75, 3.05) is 6.54 Å². The highest BCUT2D eigenvalue weighted by Crippen LogP contribution is 2.19. The van der Waals surface area contributed by atoms with Gasteiger partial charge in [-0.15, -0.1) is 12.4 Å². The molecule has 0 spiro atoms. The topological polar surface area (TPSA) is 41.1 Å². The van der Waals surface area contributed by atoms with E-state index in [0.717, 1.165) is 19.4 Å². The third kappa shape index (κ3) is 5.01. The maximum absolute atomic E-state index is 12.2. The van der Waals surface area contributed by atoms with Crippen LogP contribution in [0.15, 0.2) is 24.3 Å². The van der Waals surface area contributed by atoms with Gasteiger partial charge in [-0.1, -0.05) is 44.5 Å². The third-order valence-corrected chi connectivity index (χ3v) is 4.09. The molecule has 1 aromatic rings. The summed E-state index contributed by atoms with van der Waals surface area (Å²) in [6.45, 7) is 7.38. The lowest BCUT2D eigenvalue weighted by atomic mass is 9.99. The number of piperidine rings is 1. The minimum Gasteiger partial charge on any atom is -0.348 e. The number of nitrogens with one attached hydrogen (secondary N) is 2. The van der Waals surface area contributed by atoms with Crippen molar-refractivity contribution in [1.29, 1.82) is 0 Å². The summed E-state index contributed by atoms with van der Waals surface area (Å²) in [7, 11) is 0. The molecule has 21 heavy (non-hydrogen) atoms. The van der Waals surface area contributed by atoms with Crippen molar-refractivity contribution < 1.29 is 4.79 Å². The van der Waals surface area contributed by atoms with Gasteiger partial charge in [0.25, 0.3) is 0 Å². The molecule has 0 radical (unpaired) electrons. The molecule has 1 amide bonds. The van der Waals surface area contributed by atoms with Gasteiger partial charge in [-0.25, -0.2) is 0 Å². The van der Waals surface area contributed by atoms with Gasteiger partial charge in [0.05, 0.1) is 12.1 Å². The maximum atomic E-state index is 12.2. The Morgan fingerprint density at radius 2 is 1.76 bits per heavy atom. The fraction of sp³-hybridized carbons (Fsp3) is 0.588. The summed E-state index contributed by atoms with van der Waals surface area (Å²) >= 11 is 0. The van der Waals surface area contributed by atoms with E-state index in [0.29, 0.717) is 5.92 Å². The quantitative estimate of drug-likeness (QED) is 0.893. The van der Waals surface area contributed by atoms with Crippen molar-refractivity contribution >= 4 is 18.3 Å². The zero-order valence-corrected chi connectivity index (χ0v) is 14.0. The number of benzene rings is 1. The normalized spacial score (nSPS) is 19.7. The second-order valence-corrected chi connectivity index (χ2v) is 6.05. The van der Waals surface area contributed by atoms with Crippen molar-refractivity contribution in [2.24, 2.45) is 0 Å². The second-order valence-electron chi connectivity index (χ2n) is 6.05. The predicted octanol–water partition coefficient (Wildman–Crippen LogP) is 3.55. The molecule has 1 aliphatic rings. The van der Waals surface area contributed by atoms with Crippen LogP contribution in [-0.4, -0.2) is 18.5 Å². The van der Waals surface area contributed by atoms with Crippen LogP contribution in [0.2, 0.25) is 0 Å². The Labute approximate surface area is 134 Å². The molecule has 3 nitrogen and oxygen atoms in total. The van der Waals surface area contributed by atoms with Crippen LogP contribution in [0.5, 0.6) is 0 Å². The lowest BCUT2D eigenvalue weighted by molar-refractivity contribution is -0.124. The van der Waals surface area contributed by atoms with Crippen molar-refractivity contribution in [3.63, 3.8) is 0 Å². The van der Waals surface area contributed by atoms with E-state index in [1.54, 1.807) is 0 Å². The minimum atomic E-state index is -0.0128. The zero-order valence-electron chi connectivity index (χ0n) is 13.2. The van der Waals surface area contributed by atoms with E-state index in [-0.39, 0.29) is 30.4 Å². The largest absolute Gasteiger partial charge is 0.348 e. The van der Waals surface area contributed by atoms with Crippen molar-refractivity contribution in [3.8, 4) is 0 Å². The van der Waals surface area contributed by atoms with Crippen LogP contribution in [0, 0.1) is 0 Å². The Balaban J connectivity index is 0.00000220. The Kier molecular flexibility index (Phi) is 7.20. The van der Waals surface area contributed by atoms with Crippen LogP contribution in [0.4, 0.5) is 0 Å². The molecule has 118 valence electrons. The Morgan fingerprint density at radius 3 is 2.29 bits per heavy atom. The fourth-order valence-electron chi connectivity index (χ4n) is 2.64. The molecule has 2 atom stereocenters. The van der Waals surface area contributed by atoms with Crippen LogP contribution in [-0.2, 0) is 4.79 Å². The molecule has 1 aliphatic heterocycles. The van der Waals surface area contributed by atoms with Crippen LogP contribution in [0.1, 0.15) is 63.1 Å². The maximum Gasteiger partial charge on any atom is 0.237 e. The summed E-state index contributed by atoms with van der Waals surface area (Å²) in [6, 6.07) is 8.60. The van der Waals surface area contributed by atoms with E-state index in [9.17, 15) is 4.79 Å². The number of hydrogen-bond acceptors (Lipinski definition) is 2. The molecule has 2 N–H and O–H groups in total. The van der Waals surface area contributed by atoms with Crippen LogP contribution < -0.4 is 10.6 Å². The summed E-state index contributed by atoms with van der Waals surface area (Å²) in [6.07, 6.45) is 3.27.